The minimum Gasteiger partial charge on any atom is -0.315 e. The Morgan fingerprint density at radius 1 is 1.07 bits per heavy atom. The van der Waals surface area contributed by atoms with Crippen LogP contribution >= 0.6 is 11.6 Å². The monoisotopic (exact) mass is 390 g/mol. The largest absolute Gasteiger partial charge is 0.315 e. The molecule has 1 saturated heterocycles. The molecule has 3 heterocycles. The van der Waals surface area contributed by atoms with Crippen molar-refractivity contribution in [3.8, 4) is 0 Å². The lowest BCUT2D eigenvalue weighted by Gasteiger charge is -2.32. The Morgan fingerprint density at radius 2 is 1.93 bits per heavy atom. The molecule has 0 saturated carbocycles. The van der Waals surface area contributed by atoms with E-state index in [4.69, 9.17) is 11.6 Å². The van der Waals surface area contributed by atoms with Gasteiger partial charge in [0.25, 0.3) is 0 Å². The standard InChI is InChI=1S/C21H28ClFN4/c22-17-7-8-18(19(23)15-17)16-9-13-26(14-10-16)11-4-6-21-25-24-20-5-2-1-3-12-27(20)21/h7-8,15-16H,1-6,9-14H2. The van der Waals surface area contributed by atoms with Crippen LogP contribution in [0.2, 0.25) is 5.02 Å². The van der Waals surface area contributed by atoms with E-state index < -0.39 is 0 Å². The maximum Gasteiger partial charge on any atom is 0.133 e. The van der Waals surface area contributed by atoms with Crippen molar-refractivity contribution in [3.63, 3.8) is 0 Å². The van der Waals surface area contributed by atoms with Crippen LogP contribution in [0.3, 0.4) is 0 Å². The molecule has 27 heavy (non-hydrogen) atoms. The van der Waals surface area contributed by atoms with Crippen LogP contribution in [0.1, 0.15) is 61.7 Å². The zero-order chi connectivity index (χ0) is 18.6. The zero-order valence-electron chi connectivity index (χ0n) is 15.8. The van der Waals surface area contributed by atoms with Crippen LogP contribution in [0.5, 0.6) is 0 Å². The molecule has 6 heteroatoms. The third-order valence-electron chi connectivity index (χ3n) is 6.05. The van der Waals surface area contributed by atoms with E-state index in [0.29, 0.717) is 10.9 Å². The molecule has 0 atom stereocenters. The second kappa shape index (κ2) is 8.70. The van der Waals surface area contributed by atoms with Crippen molar-refractivity contribution in [3.05, 3.63) is 46.3 Å². The first kappa shape index (κ1) is 18.9. The Balaban J connectivity index is 1.25. The topological polar surface area (TPSA) is 34.0 Å². The van der Waals surface area contributed by atoms with Crippen LogP contribution in [0, 0.1) is 5.82 Å². The maximum absolute atomic E-state index is 14.1. The number of nitrogens with zero attached hydrogens (tertiary/aromatic N) is 4. The highest BCUT2D eigenvalue weighted by Crippen LogP contribution is 2.31. The third-order valence-corrected chi connectivity index (χ3v) is 6.29. The van der Waals surface area contributed by atoms with Gasteiger partial charge in [0, 0.05) is 24.4 Å². The van der Waals surface area contributed by atoms with Crippen molar-refractivity contribution in [2.75, 3.05) is 19.6 Å². The number of hydrogen-bond donors (Lipinski definition) is 0. The fraction of sp³-hybridized carbons (Fsp3) is 0.619. The Labute approximate surface area is 165 Å². The molecule has 2 aliphatic heterocycles. The zero-order valence-corrected chi connectivity index (χ0v) is 16.6. The van der Waals surface area contributed by atoms with Gasteiger partial charge in [0.2, 0.25) is 0 Å². The molecule has 0 amide bonds. The second-order valence-electron chi connectivity index (χ2n) is 7.88. The molecule has 1 fully saturated rings. The molecule has 2 aromatic rings. The second-order valence-corrected chi connectivity index (χ2v) is 8.32. The Kier molecular flexibility index (Phi) is 6.08. The number of rotatable bonds is 5. The summed E-state index contributed by atoms with van der Waals surface area (Å²) in [6, 6.07) is 5.09. The van der Waals surface area contributed by atoms with Gasteiger partial charge in [-0.05, 0) is 75.4 Å². The van der Waals surface area contributed by atoms with Crippen molar-refractivity contribution >= 4 is 11.6 Å². The summed E-state index contributed by atoms with van der Waals surface area (Å²) < 4.78 is 16.5. The number of fused-ring (bicyclic) bond motifs is 1. The number of likely N-dealkylation sites (tertiary alicyclic amines) is 1. The van der Waals surface area contributed by atoms with Gasteiger partial charge in [-0.1, -0.05) is 24.1 Å². The normalized spacial score (nSPS) is 19.0. The van der Waals surface area contributed by atoms with E-state index in [9.17, 15) is 4.39 Å². The highest BCUT2D eigenvalue weighted by Gasteiger charge is 2.23. The molecule has 0 spiro atoms. The average molecular weight is 391 g/mol. The van der Waals surface area contributed by atoms with Gasteiger partial charge in [-0.15, -0.1) is 10.2 Å². The smallest absolute Gasteiger partial charge is 0.133 e. The number of piperidine rings is 1. The quantitative estimate of drug-likeness (QED) is 0.747. The minimum absolute atomic E-state index is 0.159. The number of aromatic nitrogens is 3. The van der Waals surface area contributed by atoms with Gasteiger partial charge < -0.3 is 9.47 Å². The lowest BCUT2D eigenvalue weighted by atomic mass is 9.89. The van der Waals surface area contributed by atoms with E-state index in [2.05, 4.69) is 19.7 Å². The fourth-order valence-corrected chi connectivity index (χ4v) is 4.65. The summed E-state index contributed by atoms with van der Waals surface area (Å²) in [5, 5.41) is 9.30. The molecule has 0 radical (unpaired) electrons. The van der Waals surface area contributed by atoms with Gasteiger partial charge in [-0.3, -0.25) is 0 Å². The predicted molar refractivity (Wildman–Crippen MR) is 106 cm³/mol. The van der Waals surface area contributed by atoms with E-state index in [1.54, 1.807) is 6.07 Å². The summed E-state index contributed by atoms with van der Waals surface area (Å²) in [6.45, 7) is 4.23. The molecule has 4 nitrogen and oxygen atoms in total. The molecule has 2 aliphatic rings. The molecule has 1 aromatic carbocycles. The van der Waals surface area contributed by atoms with Gasteiger partial charge in [0.05, 0.1) is 0 Å². The van der Waals surface area contributed by atoms with Crippen LogP contribution in [0.25, 0.3) is 0 Å². The first-order valence-electron chi connectivity index (χ1n) is 10.3. The summed E-state index contributed by atoms with van der Waals surface area (Å²) in [5.74, 6) is 2.48. The highest BCUT2D eigenvalue weighted by atomic mass is 35.5. The van der Waals surface area contributed by atoms with E-state index in [0.717, 1.165) is 69.7 Å². The van der Waals surface area contributed by atoms with Gasteiger partial charge in [0.15, 0.2) is 0 Å². The first-order valence-corrected chi connectivity index (χ1v) is 10.7. The molecule has 0 aliphatic carbocycles. The fourth-order valence-electron chi connectivity index (χ4n) is 4.49. The van der Waals surface area contributed by atoms with Gasteiger partial charge in [-0.25, -0.2) is 4.39 Å². The molecule has 0 N–H and O–H groups in total. The van der Waals surface area contributed by atoms with Crippen LogP contribution in [-0.4, -0.2) is 39.3 Å². The molecule has 146 valence electrons. The highest BCUT2D eigenvalue weighted by molar-refractivity contribution is 6.30. The van der Waals surface area contributed by atoms with E-state index in [1.165, 1.54) is 31.2 Å². The van der Waals surface area contributed by atoms with E-state index in [1.807, 2.05) is 6.07 Å². The van der Waals surface area contributed by atoms with E-state index >= 15 is 0 Å². The lowest BCUT2D eigenvalue weighted by molar-refractivity contribution is 0.208. The van der Waals surface area contributed by atoms with Crippen LogP contribution in [0.4, 0.5) is 4.39 Å². The molecule has 4 rings (SSSR count). The Bertz CT molecular complexity index is 768. The van der Waals surface area contributed by atoms with Crippen LogP contribution < -0.4 is 0 Å². The summed E-state index contributed by atoms with van der Waals surface area (Å²) in [7, 11) is 0. The summed E-state index contributed by atoms with van der Waals surface area (Å²) in [4.78, 5) is 2.50. The van der Waals surface area contributed by atoms with Gasteiger partial charge in [-0.2, -0.15) is 0 Å². The van der Waals surface area contributed by atoms with Crippen molar-refractivity contribution < 1.29 is 4.39 Å². The van der Waals surface area contributed by atoms with Gasteiger partial charge >= 0.3 is 0 Å². The summed E-state index contributed by atoms with van der Waals surface area (Å²) in [5.41, 5.74) is 0.824. The molecular weight excluding hydrogens is 363 g/mol. The molecule has 0 unspecified atom stereocenters. The molecule has 0 bridgehead atoms. The Morgan fingerprint density at radius 3 is 2.74 bits per heavy atom. The maximum atomic E-state index is 14.1. The number of hydrogen-bond acceptors (Lipinski definition) is 3. The SMILES string of the molecule is Fc1cc(Cl)ccc1C1CCN(CCCc2nnc3n2CCCCC3)CC1. The van der Waals surface area contributed by atoms with Crippen molar-refractivity contribution in [1.29, 1.82) is 0 Å². The molecule has 1 aromatic heterocycles. The minimum atomic E-state index is -0.159. The van der Waals surface area contributed by atoms with E-state index in [-0.39, 0.29) is 5.82 Å². The van der Waals surface area contributed by atoms with Crippen LogP contribution in [-0.2, 0) is 19.4 Å². The lowest BCUT2D eigenvalue weighted by Crippen LogP contribution is -2.34. The summed E-state index contributed by atoms with van der Waals surface area (Å²) in [6.07, 6.45) is 8.98. The Hall–Kier alpha value is -1.46. The number of benzene rings is 1. The summed E-state index contributed by atoms with van der Waals surface area (Å²) >= 11 is 5.87. The van der Waals surface area contributed by atoms with Crippen LogP contribution in [0.15, 0.2) is 18.2 Å². The molecular formula is C21H28ClFN4. The third kappa shape index (κ3) is 4.52. The number of aryl methyl sites for hydroxylation is 2. The van der Waals surface area contributed by atoms with Crippen molar-refractivity contribution in [2.24, 2.45) is 0 Å². The van der Waals surface area contributed by atoms with Crippen molar-refractivity contribution in [2.45, 2.75) is 63.8 Å². The predicted octanol–water partition coefficient (Wildman–Crippen LogP) is 4.61. The average Bonchev–Trinajstić information content (AvgIpc) is 2.89. The first-order chi connectivity index (χ1) is 13.2. The number of halogens is 2. The van der Waals surface area contributed by atoms with Gasteiger partial charge in [0.1, 0.15) is 17.5 Å². The van der Waals surface area contributed by atoms with Crippen molar-refractivity contribution in [1.82, 2.24) is 19.7 Å².